The van der Waals surface area contributed by atoms with Crippen LogP contribution < -0.4 is 5.56 Å². The lowest BCUT2D eigenvalue weighted by atomic mass is 9.98. The van der Waals surface area contributed by atoms with Crippen molar-refractivity contribution in [2.24, 2.45) is 5.92 Å². The Kier molecular flexibility index (Phi) is 3.58. The number of nitrogens with one attached hydrogen (secondary N) is 1. The van der Waals surface area contributed by atoms with Crippen LogP contribution in [0.2, 0.25) is 0 Å². The molecule has 1 saturated heterocycles. The number of hydrogen-bond acceptors (Lipinski definition) is 3. The number of carbonyl (C=O) groups excluding carboxylic acids is 1. The van der Waals surface area contributed by atoms with E-state index in [9.17, 15) is 9.59 Å². The minimum absolute atomic E-state index is 0.0922. The molecular weight excluding hydrogens is 220 g/mol. The van der Waals surface area contributed by atoms with Gasteiger partial charge in [0.2, 0.25) is 0 Å². The van der Waals surface area contributed by atoms with E-state index in [0.717, 1.165) is 12.8 Å². The van der Waals surface area contributed by atoms with Crippen LogP contribution in [-0.2, 0) is 0 Å². The largest absolute Gasteiger partial charge is 0.396 e. The van der Waals surface area contributed by atoms with Crippen molar-refractivity contribution in [1.82, 2.24) is 9.88 Å². The van der Waals surface area contributed by atoms with Crippen LogP contribution in [0.5, 0.6) is 0 Å². The average Bonchev–Trinajstić information content (AvgIpc) is 2.38. The highest BCUT2D eigenvalue weighted by Gasteiger charge is 2.25. The zero-order valence-electron chi connectivity index (χ0n) is 9.56. The van der Waals surface area contributed by atoms with Gasteiger partial charge in [-0.3, -0.25) is 9.59 Å². The van der Waals surface area contributed by atoms with Gasteiger partial charge < -0.3 is 15.0 Å². The molecule has 0 bridgehead atoms. The first kappa shape index (κ1) is 11.9. The molecule has 1 aromatic rings. The Hall–Kier alpha value is -1.62. The van der Waals surface area contributed by atoms with Crippen molar-refractivity contribution >= 4 is 5.91 Å². The third-order valence-corrected chi connectivity index (χ3v) is 3.11. The lowest BCUT2D eigenvalue weighted by molar-refractivity contribution is 0.0619. The van der Waals surface area contributed by atoms with E-state index in [0.29, 0.717) is 13.1 Å². The number of aromatic amines is 1. The summed E-state index contributed by atoms with van der Waals surface area (Å²) in [5.74, 6) is -0.111. The van der Waals surface area contributed by atoms with Gasteiger partial charge in [0, 0.05) is 25.9 Å². The van der Waals surface area contributed by atoms with Crippen molar-refractivity contribution in [3.63, 3.8) is 0 Å². The van der Waals surface area contributed by atoms with Crippen molar-refractivity contribution in [2.45, 2.75) is 12.8 Å². The maximum atomic E-state index is 12.1. The third kappa shape index (κ3) is 2.55. The maximum Gasteiger partial charge on any atom is 0.260 e. The van der Waals surface area contributed by atoms with Gasteiger partial charge in [-0.1, -0.05) is 0 Å². The Balaban J connectivity index is 2.15. The van der Waals surface area contributed by atoms with E-state index in [1.807, 2.05) is 0 Å². The first-order valence-corrected chi connectivity index (χ1v) is 5.80. The number of likely N-dealkylation sites (tertiary alicyclic amines) is 1. The first-order chi connectivity index (χ1) is 8.22. The molecular formula is C12H16N2O3. The highest BCUT2D eigenvalue weighted by atomic mass is 16.3. The monoisotopic (exact) mass is 236 g/mol. The van der Waals surface area contributed by atoms with Gasteiger partial charge >= 0.3 is 0 Å². The molecule has 1 unspecified atom stereocenters. The Morgan fingerprint density at radius 2 is 2.41 bits per heavy atom. The molecule has 2 rings (SSSR count). The van der Waals surface area contributed by atoms with Gasteiger partial charge in [-0.25, -0.2) is 0 Å². The molecule has 1 atom stereocenters. The fraction of sp³-hybridized carbons (Fsp3) is 0.500. The van der Waals surface area contributed by atoms with E-state index in [1.54, 1.807) is 11.0 Å². The number of rotatable bonds is 2. The second-order valence-electron chi connectivity index (χ2n) is 4.35. The number of amides is 1. The van der Waals surface area contributed by atoms with E-state index >= 15 is 0 Å². The minimum atomic E-state index is -0.358. The minimum Gasteiger partial charge on any atom is -0.396 e. The van der Waals surface area contributed by atoms with E-state index in [2.05, 4.69) is 4.98 Å². The first-order valence-electron chi connectivity index (χ1n) is 5.80. The zero-order chi connectivity index (χ0) is 12.3. The van der Waals surface area contributed by atoms with Gasteiger partial charge in [0.1, 0.15) is 5.56 Å². The third-order valence-electron chi connectivity index (χ3n) is 3.11. The maximum absolute atomic E-state index is 12.1. The van der Waals surface area contributed by atoms with Gasteiger partial charge in [-0.05, 0) is 30.9 Å². The van der Waals surface area contributed by atoms with Gasteiger partial charge in [-0.15, -0.1) is 0 Å². The molecule has 1 aliphatic heterocycles. The van der Waals surface area contributed by atoms with E-state index < -0.39 is 0 Å². The van der Waals surface area contributed by atoms with Crippen molar-refractivity contribution < 1.29 is 9.90 Å². The molecule has 1 aliphatic rings. The lowest BCUT2D eigenvalue weighted by Gasteiger charge is -2.31. The quantitative estimate of drug-likeness (QED) is 0.771. The summed E-state index contributed by atoms with van der Waals surface area (Å²) < 4.78 is 0. The van der Waals surface area contributed by atoms with Gasteiger partial charge in [0.05, 0.1) is 0 Å². The molecule has 92 valence electrons. The second-order valence-corrected chi connectivity index (χ2v) is 4.35. The highest BCUT2D eigenvalue weighted by Crippen LogP contribution is 2.17. The molecule has 2 heterocycles. The van der Waals surface area contributed by atoms with Crippen molar-refractivity contribution in [2.75, 3.05) is 19.7 Å². The van der Waals surface area contributed by atoms with Crippen molar-refractivity contribution in [1.29, 1.82) is 0 Å². The molecule has 0 aliphatic carbocycles. The summed E-state index contributed by atoms with van der Waals surface area (Å²) in [5.41, 5.74) is -0.185. The predicted octanol–water partition coefficient (Wildman–Crippen LogP) is 0.219. The normalized spacial score (nSPS) is 20.3. The molecule has 1 fully saturated rings. The van der Waals surface area contributed by atoms with E-state index in [1.165, 1.54) is 12.3 Å². The van der Waals surface area contributed by atoms with Crippen LogP contribution in [0, 0.1) is 5.92 Å². The number of aromatic nitrogens is 1. The number of nitrogens with zero attached hydrogens (tertiary/aromatic N) is 1. The van der Waals surface area contributed by atoms with Crippen LogP contribution in [0.15, 0.2) is 23.1 Å². The van der Waals surface area contributed by atoms with Crippen LogP contribution in [0.4, 0.5) is 0 Å². The van der Waals surface area contributed by atoms with E-state index in [4.69, 9.17) is 5.11 Å². The smallest absolute Gasteiger partial charge is 0.260 e. The highest BCUT2D eigenvalue weighted by molar-refractivity contribution is 5.93. The predicted molar refractivity (Wildman–Crippen MR) is 62.8 cm³/mol. The summed E-state index contributed by atoms with van der Waals surface area (Å²) in [6, 6.07) is 3.17. The van der Waals surface area contributed by atoms with Crippen molar-refractivity contribution in [3.05, 3.63) is 34.2 Å². The Morgan fingerprint density at radius 3 is 3.12 bits per heavy atom. The average molecular weight is 236 g/mol. The summed E-state index contributed by atoms with van der Waals surface area (Å²) in [5, 5.41) is 9.11. The summed E-state index contributed by atoms with van der Waals surface area (Å²) >= 11 is 0. The number of H-pyrrole nitrogens is 1. The van der Waals surface area contributed by atoms with Gasteiger partial charge in [0.15, 0.2) is 0 Å². The fourth-order valence-corrected chi connectivity index (χ4v) is 2.16. The fourth-order valence-electron chi connectivity index (χ4n) is 2.16. The molecule has 5 heteroatoms. The van der Waals surface area contributed by atoms with Crippen LogP contribution in [0.3, 0.4) is 0 Å². The Morgan fingerprint density at radius 1 is 1.59 bits per heavy atom. The Bertz CT molecular complexity index is 455. The molecule has 2 N–H and O–H groups in total. The number of aliphatic hydroxyl groups is 1. The summed E-state index contributed by atoms with van der Waals surface area (Å²) in [6.45, 7) is 1.28. The van der Waals surface area contributed by atoms with Gasteiger partial charge in [-0.2, -0.15) is 0 Å². The number of carbonyl (C=O) groups is 1. The number of hydrogen-bond donors (Lipinski definition) is 2. The molecule has 0 aromatic carbocycles. The van der Waals surface area contributed by atoms with Crippen LogP contribution in [-0.4, -0.2) is 40.6 Å². The molecule has 5 nitrogen and oxygen atoms in total. The van der Waals surface area contributed by atoms with Crippen LogP contribution >= 0.6 is 0 Å². The number of pyridine rings is 1. The van der Waals surface area contributed by atoms with Gasteiger partial charge in [0.25, 0.3) is 11.5 Å². The van der Waals surface area contributed by atoms with Crippen LogP contribution in [0.25, 0.3) is 0 Å². The standard InChI is InChI=1S/C12H16N2O3/c15-8-9-3-2-6-14(7-9)12(17)10-4-1-5-13-11(10)16/h1,4-5,9,15H,2-3,6-8H2,(H,13,16). The number of piperidine rings is 1. The molecule has 1 aromatic heterocycles. The van der Waals surface area contributed by atoms with Crippen molar-refractivity contribution in [3.8, 4) is 0 Å². The Labute approximate surface area is 99.1 Å². The molecule has 0 spiro atoms. The second kappa shape index (κ2) is 5.14. The molecule has 0 saturated carbocycles. The zero-order valence-corrected chi connectivity index (χ0v) is 9.56. The number of aliphatic hydroxyl groups excluding tert-OH is 1. The lowest BCUT2D eigenvalue weighted by Crippen LogP contribution is -2.42. The summed E-state index contributed by atoms with van der Waals surface area (Å²) in [6.07, 6.45) is 3.32. The van der Waals surface area contributed by atoms with E-state index in [-0.39, 0.29) is 29.6 Å². The molecule has 17 heavy (non-hydrogen) atoms. The molecule has 0 radical (unpaired) electrons. The molecule has 1 amide bonds. The summed E-state index contributed by atoms with van der Waals surface area (Å²) in [4.78, 5) is 27.7. The topological polar surface area (TPSA) is 73.4 Å². The SMILES string of the molecule is O=C(c1ccc[nH]c1=O)N1CCCC(CO)C1. The van der Waals surface area contributed by atoms with Crippen LogP contribution in [0.1, 0.15) is 23.2 Å². The summed E-state index contributed by atoms with van der Waals surface area (Å²) in [7, 11) is 0.